The summed E-state index contributed by atoms with van der Waals surface area (Å²) in [6.07, 6.45) is 6.81. The minimum atomic E-state index is -0.0105. The molecular formula is C21H26N4O. The number of anilines is 2. The second kappa shape index (κ2) is 7.06. The van der Waals surface area contributed by atoms with Gasteiger partial charge in [0.05, 0.1) is 0 Å². The molecule has 1 aromatic carbocycles. The average molecular weight is 350 g/mol. The van der Waals surface area contributed by atoms with Crippen LogP contribution in [0.5, 0.6) is 0 Å². The molecule has 0 saturated carbocycles. The summed E-state index contributed by atoms with van der Waals surface area (Å²) < 4.78 is 0. The van der Waals surface area contributed by atoms with Crippen LogP contribution in [0.25, 0.3) is 0 Å². The zero-order chi connectivity index (χ0) is 18.1. The molecule has 1 saturated heterocycles. The Morgan fingerprint density at radius 2 is 2.04 bits per heavy atom. The van der Waals surface area contributed by atoms with Crippen molar-refractivity contribution in [1.29, 1.82) is 0 Å². The minimum Gasteiger partial charge on any atom is -0.341 e. The smallest absolute Gasteiger partial charge is 0.227 e. The van der Waals surface area contributed by atoms with Gasteiger partial charge in [-0.3, -0.25) is 4.79 Å². The molecular weight excluding hydrogens is 324 g/mol. The third kappa shape index (κ3) is 3.30. The number of carbonyl (C=O) groups excluding carboxylic acids is 1. The number of aryl methyl sites for hydroxylation is 2. The van der Waals surface area contributed by atoms with E-state index in [1.165, 1.54) is 18.4 Å². The van der Waals surface area contributed by atoms with Gasteiger partial charge in [0.15, 0.2) is 0 Å². The van der Waals surface area contributed by atoms with Crippen LogP contribution in [0.4, 0.5) is 11.6 Å². The summed E-state index contributed by atoms with van der Waals surface area (Å²) in [7, 11) is 0. The van der Waals surface area contributed by atoms with E-state index in [1.807, 2.05) is 18.3 Å². The highest BCUT2D eigenvalue weighted by atomic mass is 16.1. The van der Waals surface area contributed by atoms with Gasteiger partial charge in [0, 0.05) is 36.6 Å². The number of amides is 1. The quantitative estimate of drug-likeness (QED) is 0.921. The number of hydrogen-bond acceptors (Lipinski definition) is 4. The Morgan fingerprint density at radius 3 is 2.85 bits per heavy atom. The summed E-state index contributed by atoms with van der Waals surface area (Å²) in [5.74, 6) is 0.955. The van der Waals surface area contributed by atoms with Crippen LogP contribution in [0.2, 0.25) is 0 Å². The summed E-state index contributed by atoms with van der Waals surface area (Å²) >= 11 is 0. The fourth-order valence-electron chi connectivity index (χ4n) is 3.91. The first kappa shape index (κ1) is 17.0. The Kier molecular flexibility index (Phi) is 4.62. The van der Waals surface area contributed by atoms with Crippen molar-refractivity contribution >= 4 is 17.5 Å². The fraction of sp³-hybridized carbons (Fsp3) is 0.476. The maximum atomic E-state index is 12.8. The number of hydrogen-bond donors (Lipinski definition) is 1. The second-order valence-electron chi connectivity index (χ2n) is 7.51. The van der Waals surface area contributed by atoms with Crippen molar-refractivity contribution in [2.24, 2.45) is 5.92 Å². The molecule has 0 bridgehead atoms. The molecule has 136 valence electrons. The number of nitrogens with one attached hydrogen (secondary N) is 1. The number of benzene rings is 1. The monoisotopic (exact) mass is 350 g/mol. The van der Waals surface area contributed by atoms with E-state index < -0.39 is 0 Å². The minimum absolute atomic E-state index is 0.0105. The third-order valence-electron chi connectivity index (χ3n) is 5.76. The van der Waals surface area contributed by atoms with Crippen LogP contribution in [0.1, 0.15) is 41.6 Å². The molecule has 1 unspecified atom stereocenters. The lowest BCUT2D eigenvalue weighted by Crippen LogP contribution is -2.30. The Bertz CT molecular complexity index is 827. The van der Waals surface area contributed by atoms with Gasteiger partial charge in [-0.05, 0) is 68.7 Å². The molecule has 0 spiro atoms. The van der Waals surface area contributed by atoms with Gasteiger partial charge in [0.25, 0.3) is 0 Å². The van der Waals surface area contributed by atoms with Crippen molar-refractivity contribution in [2.45, 2.75) is 46.0 Å². The first-order valence-corrected chi connectivity index (χ1v) is 9.58. The largest absolute Gasteiger partial charge is 0.341 e. The molecule has 2 aromatic rings. The summed E-state index contributed by atoms with van der Waals surface area (Å²) in [6.45, 7) is 6.23. The SMILES string of the molecule is Cc1cccc(NC(=O)C2CCc3nc(N4CCCC4)ncc3C2)c1C. The zero-order valence-electron chi connectivity index (χ0n) is 15.6. The van der Waals surface area contributed by atoms with E-state index >= 15 is 0 Å². The molecule has 1 fully saturated rings. The van der Waals surface area contributed by atoms with Crippen LogP contribution >= 0.6 is 0 Å². The topological polar surface area (TPSA) is 58.1 Å². The Hall–Kier alpha value is -2.43. The zero-order valence-corrected chi connectivity index (χ0v) is 15.6. The van der Waals surface area contributed by atoms with Crippen molar-refractivity contribution in [3.05, 3.63) is 46.8 Å². The van der Waals surface area contributed by atoms with E-state index in [0.717, 1.165) is 60.8 Å². The lowest BCUT2D eigenvalue weighted by molar-refractivity contribution is -0.120. The van der Waals surface area contributed by atoms with Crippen LogP contribution in [-0.4, -0.2) is 29.0 Å². The summed E-state index contributed by atoms with van der Waals surface area (Å²) in [5.41, 5.74) is 5.50. The van der Waals surface area contributed by atoms with Gasteiger partial charge in [-0.15, -0.1) is 0 Å². The highest BCUT2D eigenvalue weighted by Gasteiger charge is 2.27. The molecule has 26 heavy (non-hydrogen) atoms. The van der Waals surface area contributed by atoms with Crippen molar-refractivity contribution in [3.63, 3.8) is 0 Å². The highest BCUT2D eigenvalue weighted by molar-refractivity contribution is 5.93. The van der Waals surface area contributed by atoms with Gasteiger partial charge in [-0.2, -0.15) is 0 Å². The van der Waals surface area contributed by atoms with E-state index in [-0.39, 0.29) is 11.8 Å². The molecule has 5 nitrogen and oxygen atoms in total. The Morgan fingerprint density at radius 1 is 1.23 bits per heavy atom. The summed E-state index contributed by atoms with van der Waals surface area (Å²) in [6, 6.07) is 6.03. The molecule has 2 heterocycles. The molecule has 1 amide bonds. The van der Waals surface area contributed by atoms with Crippen LogP contribution in [0.3, 0.4) is 0 Å². The second-order valence-corrected chi connectivity index (χ2v) is 7.51. The van der Waals surface area contributed by atoms with Crippen molar-refractivity contribution in [2.75, 3.05) is 23.3 Å². The third-order valence-corrected chi connectivity index (χ3v) is 5.76. The predicted octanol–water partition coefficient (Wildman–Crippen LogP) is 3.44. The van der Waals surface area contributed by atoms with Gasteiger partial charge >= 0.3 is 0 Å². The molecule has 1 aliphatic carbocycles. The van der Waals surface area contributed by atoms with Gasteiger partial charge in [0.1, 0.15) is 0 Å². The molecule has 1 N–H and O–H groups in total. The van der Waals surface area contributed by atoms with Crippen LogP contribution in [0.15, 0.2) is 24.4 Å². The first-order valence-electron chi connectivity index (χ1n) is 9.58. The lowest BCUT2D eigenvalue weighted by atomic mass is 9.86. The molecule has 1 aliphatic heterocycles. The van der Waals surface area contributed by atoms with Crippen LogP contribution in [0, 0.1) is 19.8 Å². The van der Waals surface area contributed by atoms with Gasteiger partial charge in [-0.25, -0.2) is 9.97 Å². The molecule has 5 heteroatoms. The molecule has 1 atom stereocenters. The van der Waals surface area contributed by atoms with Crippen LogP contribution < -0.4 is 10.2 Å². The van der Waals surface area contributed by atoms with Crippen LogP contribution in [-0.2, 0) is 17.6 Å². The average Bonchev–Trinajstić information content (AvgIpc) is 3.19. The highest BCUT2D eigenvalue weighted by Crippen LogP contribution is 2.28. The Balaban J connectivity index is 1.46. The van der Waals surface area contributed by atoms with Crippen molar-refractivity contribution < 1.29 is 4.79 Å². The lowest BCUT2D eigenvalue weighted by Gasteiger charge is -2.25. The Labute approximate surface area is 154 Å². The standard InChI is InChI=1S/C21H26N4O/c1-14-6-5-7-18(15(14)2)23-20(26)16-8-9-19-17(12-16)13-22-21(24-19)25-10-3-4-11-25/h5-7,13,16H,3-4,8-12H2,1-2H3,(H,23,26). The molecule has 1 aromatic heterocycles. The van der Waals surface area contributed by atoms with E-state index in [1.54, 1.807) is 0 Å². The number of fused-ring (bicyclic) bond motifs is 1. The normalized spacial score (nSPS) is 19.3. The predicted molar refractivity (Wildman–Crippen MR) is 104 cm³/mol. The summed E-state index contributed by atoms with van der Waals surface area (Å²) in [4.78, 5) is 24.4. The van der Waals surface area contributed by atoms with E-state index in [0.29, 0.717) is 0 Å². The van der Waals surface area contributed by atoms with E-state index in [2.05, 4.69) is 35.1 Å². The maximum absolute atomic E-state index is 12.8. The van der Waals surface area contributed by atoms with Crippen molar-refractivity contribution in [1.82, 2.24) is 9.97 Å². The van der Waals surface area contributed by atoms with Gasteiger partial charge < -0.3 is 10.2 Å². The number of rotatable bonds is 3. The molecule has 4 rings (SSSR count). The number of carbonyl (C=O) groups is 1. The first-order chi connectivity index (χ1) is 12.6. The summed E-state index contributed by atoms with van der Waals surface area (Å²) in [5, 5.41) is 3.12. The van der Waals surface area contributed by atoms with E-state index in [9.17, 15) is 4.79 Å². The van der Waals surface area contributed by atoms with Crippen molar-refractivity contribution in [3.8, 4) is 0 Å². The molecule has 2 aliphatic rings. The van der Waals surface area contributed by atoms with E-state index in [4.69, 9.17) is 4.98 Å². The van der Waals surface area contributed by atoms with Gasteiger partial charge in [0.2, 0.25) is 11.9 Å². The maximum Gasteiger partial charge on any atom is 0.227 e. The number of nitrogens with zero attached hydrogens (tertiary/aromatic N) is 3. The number of aromatic nitrogens is 2. The van der Waals surface area contributed by atoms with Gasteiger partial charge in [-0.1, -0.05) is 12.1 Å². The molecule has 0 radical (unpaired) electrons. The fourth-order valence-corrected chi connectivity index (χ4v) is 3.91.